The lowest BCUT2D eigenvalue weighted by atomic mass is 10.2. The van der Waals surface area contributed by atoms with Crippen molar-refractivity contribution in [2.75, 3.05) is 11.3 Å². The van der Waals surface area contributed by atoms with Gasteiger partial charge in [-0.3, -0.25) is 4.72 Å². The second-order valence-electron chi connectivity index (χ2n) is 4.41. The average molecular weight is 329 g/mol. The van der Waals surface area contributed by atoms with Gasteiger partial charge in [0.2, 0.25) is 0 Å². The molecule has 0 aliphatic carbocycles. The van der Waals surface area contributed by atoms with Gasteiger partial charge in [0.05, 0.1) is 10.6 Å². The van der Waals surface area contributed by atoms with Crippen LogP contribution in [0.1, 0.15) is 5.56 Å². The zero-order valence-corrected chi connectivity index (χ0v) is 12.6. The molecule has 0 radical (unpaired) electrons. The smallest absolute Gasteiger partial charge is 0.261 e. The molecule has 0 unspecified atom stereocenters. The minimum atomic E-state index is -3.84. The van der Waals surface area contributed by atoms with Gasteiger partial charge in [-0.25, -0.2) is 12.8 Å². The summed E-state index contributed by atoms with van der Waals surface area (Å²) in [6.45, 7) is 0.486. The molecule has 3 N–H and O–H groups in total. The van der Waals surface area contributed by atoms with Gasteiger partial charge in [-0.1, -0.05) is 23.7 Å². The maximum atomic E-state index is 13.6. The average Bonchev–Trinajstić information content (AvgIpc) is 2.43. The zero-order valence-electron chi connectivity index (χ0n) is 11.0. The highest BCUT2D eigenvalue weighted by molar-refractivity contribution is 7.92. The van der Waals surface area contributed by atoms with E-state index in [9.17, 15) is 12.8 Å². The van der Waals surface area contributed by atoms with Crippen molar-refractivity contribution in [3.8, 4) is 0 Å². The van der Waals surface area contributed by atoms with Crippen molar-refractivity contribution in [1.29, 1.82) is 0 Å². The maximum absolute atomic E-state index is 13.6. The molecule has 0 atom stereocenters. The highest BCUT2D eigenvalue weighted by Crippen LogP contribution is 2.22. The predicted molar refractivity (Wildman–Crippen MR) is 81.4 cm³/mol. The number of halogens is 2. The van der Waals surface area contributed by atoms with Gasteiger partial charge >= 0.3 is 0 Å². The van der Waals surface area contributed by atoms with Crippen LogP contribution in [-0.4, -0.2) is 15.0 Å². The molecule has 2 aromatic rings. The number of anilines is 1. The third-order valence-corrected chi connectivity index (χ3v) is 4.46. The Labute approximate surface area is 127 Å². The summed E-state index contributed by atoms with van der Waals surface area (Å²) in [5.41, 5.74) is 6.22. The van der Waals surface area contributed by atoms with Crippen LogP contribution in [0.5, 0.6) is 0 Å². The molecule has 0 bridgehead atoms. The van der Waals surface area contributed by atoms with Crippen LogP contribution in [0.3, 0.4) is 0 Å². The van der Waals surface area contributed by atoms with Crippen molar-refractivity contribution < 1.29 is 12.8 Å². The van der Waals surface area contributed by atoms with E-state index in [0.717, 1.165) is 11.6 Å². The maximum Gasteiger partial charge on any atom is 0.261 e. The number of nitrogens with one attached hydrogen (secondary N) is 1. The molecule has 21 heavy (non-hydrogen) atoms. The zero-order chi connectivity index (χ0) is 15.5. The van der Waals surface area contributed by atoms with Gasteiger partial charge in [-0.05, 0) is 48.9 Å². The third-order valence-electron chi connectivity index (χ3n) is 2.84. The van der Waals surface area contributed by atoms with Crippen LogP contribution >= 0.6 is 11.6 Å². The van der Waals surface area contributed by atoms with Crippen LogP contribution in [0.15, 0.2) is 47.4 Å². The first-order valence-corrected chi connectivity index (χ1v) is 8.05. The van der Waals surface area contributed by atoms with Crippen molar-refractivity contribution in [1.82, 2.24) is 0 Å². The van der Waals surface area contributed by atoms with Crippen molar-refractivity contribution >= 4 is 27.3 Å². The number of hydrogen-bond acceptors (Lipinski definition) is 3. The van der Waals surface area contributed by atoms with Gasteiger partial charge in [0.25, 0.3) is 10.0 Å². The van der Waals surface area contributed by atoms with E-state index in [-0.39, 0.29) is 15.6 Å². The summed E-state index contributed by atoms with van der Waals surface area (Å²) < 4.78 is 40.2. The second kappa shape index (κ2) is 6.43. The van der Waals surface area contributed by atoms with Crippen LogP contribution in [0.25, 0.3) is 0 Å². The Morgan fingerprint density at radius 2 is 1.81 bits per heavy atom. The summed E-state index contributed by atoms with van der Waals surface area (Å²) >= 11 is 5.62. The first-order chi connectivity index (χ1) is 9.92. The Morgan fingerprint density at radius 3 is 2.38 bits per heavy atom. The Balaban J connectivity index is 2.25. The van der Waals surface area contributed by atoms with Crippen molar-refractivity contribution in [2.45, 2.75) is 11.3 Å². The van der Waals surface area contributed by atoms with Crippen LogP contribution in [-0.2, 0) is 16.4 Å². The number of sulfonamides is 1. The fraction of sp³-hybridized carbons (Fsp3) is 0.143. The van der Waals surface area contributed by atoms with Crippen molar-refractivity contribution in [2.24, 2.45) is 5.73 Å². The summed E-state index contributed by atoms with van der Waals surface area (Å²) in [6, 6.07) is 10.0. The molecule has 0 aliphatic heterocycles. The highest BCUT2D eigenvalue weighted by atomic mass is 35.5. The van der Waals surface area contributed by atoms with Gasteiger partial charge in [-0.15, -0.1) is 0 Å². The topological polar surface area (TPSA) is 72.2 Å². The SMILES string of the molecule is NCCc1ccc(S(=O)(=O)Nc2ccc(Cl)cc2F)cc1. The van der Waals surface area contributed by atoms with E-state index in [1.54, 1.807) is 12.1 Å². The molecule has 0 fully saturated rings. The van der Waals surface area contributed by atoms with E-state index in [1.807, 2.05) is 0 Å². The molecule has 0 saturated heterocycles. The molecule has 0 heterocycles. The van der Waals surface area contributed by atoms with Gasteiger partial charge < -0.3 is 5.73 Å². The Hall–Kier alpha value is -1.63. The number of rotatable bonds is 5. The van der Waals surface area contributed by atoms with Crippen LogP contribution < -0.4 is 10.5 Å². The monoisotopic (exact) mass is 328 g/mol. The predicted octanol–water partition coefficient (Wildman–Crippen LogP) is 2.78. The summed E-state index contributed by atoms with van der Waals surface area (Å²) in [7, 11) is -3.84. The van der Waals surface area contributed by atoms with Crippen molar-refractivity contribution in [3.63, 3.8) is 0 Å². The van der Waals surface area contributed by atoms with Gasteiger partial charge in [0.1, 0.15) is 5.82 Å². The molecule has 112 valence electrons. The van der Waals surface area contributed by atoms with E-state index >= 15 is 0 Å². The molecule has 0 spiro atoms. The number of nitrogens with two attached hydrogens (primary N) is 1. The Kier molecular flexibility index (Phi) is 4.82. The first-order valence-electron chi connectivity index (χ1n) is 6.19. The van der Waals surface area contributed by atoms with E-state index in [0.29, 0.717) is 13.0 Å². The Bertz CT molecular complexity index is 733. The number of hydrogen-bond donors (Lipinski definition) is 2. The summed E-state index contributed by atoms with van der Waals surface area (Å²) in [6.07, 6.45) is 0.666. The lowest BCUT2D eigenvalue weighted by Crippen LogP contribution is -2.14. The van der Waals surface area contributed by atoms with Crippen molar-refractivity contribution in [3.05, 3.63) is 58.9 Å². The third kappa shape index (κ3) is 3.93. The molecular weight excluding hydrogens is 315 g/mol. The summed E-state index contributed by atoms with van der Waals surface area (Å²) in [5.74, 6) is -0.731. The van der Waals surface area contributed by atoms with E-state index in [1.165, 1.54) is 24.3 Å². The highest BCUT2D eigenvalue weighted by Gasteiger charge is 2.16. The van der Waals surface area contributed by atoms with E-state index < -0.39 is 15.8 Å². The molecule has 0 aliphatic rings. The lowest BCUT2D eigenvalue weighted by Gasteiger charge is -2.09. The molecule has 0 amide bonds. The van der Waals surface area contributed by atoms with Crippen LogP contribution in [0.2, 0.25) is 5.02 Å². The molecule has 4 nitrogen and oxygen atoms in total. The normalized spacial score (nSPS) is 11.4. The molecule has 2 rings (SSSR count). The van der Waals surface area contributed by atoms with Crippen LogP contribution in [0.4, 0.5) is 10.1 Å². The minimum absolute atomic E-state index is 0.0534. The molecular formula is C14H14ClFN2O2S. The van der Waals surface area contributed by atoms with Gasteiger partial charge in [-0.2, -0.15) is 0 Å². The molecule has 7 heteroatoms. The summed E-state index contributed by atoms with van der Waals surface area (Å²) in [4.78, 5) is 0.0534. The van der Waals surface area contributed by atoms with Crippen LogP contribution in [0, 0.1) is 5.82 Å². The van der Waals surface area contributed by atoms with Gasteiger partial charge in [0, 0.05) is 5.02 Å². The fourth-order valence-corrected chi connectivity index (χ4v) is 3.00. The molecule has 0 saturated carbocycles. The standard InChI is InChI=1S/C14H14ClFN2O2S/c15-11-3-6-14(13(16)9-11)18-21(19,20)12-4-1-10(2-5-12)7-8-17/h1-6,9,18H,7-8,17H2. The largest absolute Gasteiger partial charge is 0.330 e. The second-order valence-corrected chi connectivity index (χ2v) is 6.53. The van der Waals surface area contributed by atoms with E-state index in [4.69, 9.17) is 17.3 Å². The lowest BCUT2D eigenvalue weighted by molar-refractivity contribution is 0.598. The Morgan fingerprint density at radius 1 is 1.14 bits per heavy atom. The number of benzene rings is 2. The molecule has 2 aromatic carbocycles. The quantitative estimate of drug-likeness (QED) is 0.886. The fourth-order valence-electron chi connectivity index (χ4n) is 1.78. The van der Waals surface area contributed by atoms with Gasteiger partial charge in [0.15, 0.2) is 0 Å². The minimum Gasteiger partial charge on any atom is -0.330 e. The van der Waals surface area contributed by atoms with E-state index in [2.05, 4.69) is 4.72 Å². The summed E-state index contributed by atoms with van der Waals surface area (Å²) in [5, 5.41) is 0.196. The molecule has 0 aromatic heterocycles. The first kappa shape index (κ1) is 15.8.